The summed E-state index contributed by atoms with van der Waals surface area (Å²) in [7, 11) is 0. The summed E-state index contributed by atoms with van der Waals surface area (Å²) in [6.45, 7) is 2.04. The minimum absolute atomic E-state index is 0.123. The van der Waals surface area contributed by atoms with E-state index in [0.717, 1.165) is 22.2 Å². The van der Waals surface area contributed by atoms with Gasteiger partial charge in [-0.25, -0.2) is 0 Å². The molecule has 0 bridgehead atoms. The van der Waals surface area contributed by atoms with Crippen LogP contribution in [0.1, 0.15) is 25.0 Å². The molecule has 0 saturated carbocycles. The Labute approximate surface area is 133 Å². The monoisotopic (exact) mass is 353 g/mol. The second-order valence-corrected chi connectivity index (χ2v) is 5.82. The Kier molecular flexibility index (Phi) is 5.46. The Morgan fingerprint density at radius 2 is 1.80 bits per heavy atom. The molecule has 2 atom stereocenters. The summed E-state index contributed by atoms with van der Waals surface area (Å²) in [5.41, 5.74) is 7.13. The molecule has 0 aliphatic carbocycles. The first-order valence-corrected chi connectivity index (χ1v) is 7.71. The second-order valence-electron chi connectivity index (χ2n) is 4.56. The average molecular weight is 355 g/mol. The van der Waals surface area contributed by atoms with Gasteiger partial charge in [0.2, 0.25) is 0 Å². The molecule has 0 aromatic heterocycles. The van der Waals surface area contributed by atoms with Crippen LogP contribution in [0, 0.1) is 0 Å². The Morgan fingerprint density at radius 3 is 2.45 bits per heavy atom. The quantitative estimate of drug-likeness (QED) is 0.823. The normalized spacial score (nSPS) is 13.8. The zero-order chi connectivity index (χ0) is 14.5. The van der Waals surface area contributed by atoms with E-state index in [1.54, 1.807) is 0 Å². The molecule has 2 N–H and O–H groups in total. The van der Waals surface area contributed by atoms with Gasteiger partial charge in [-0.3, -0.25) is 0 Å². The van der Waals surface area contributed by atoms with Gasteiger partial charge in [-0.2, -0.15) is 0 Å². The minimum atomic E-state index is -0.271. The number of hydrogen-bond acceptors (Lipinski definition) is 2. The van der Waals surface area contributed by atoms with Gasteiger partial charge in [-0.05, 0) is 40.5 Å². The topological polar surface area (TPSA) is 35.2 Å². The van der Waals surface area contributed by atoms with E-state index in [0.29, 0.717) is 5.02 Å². The number of hydrogen-bond donors (Lipinski definition) is 1. The molecule has 2 nitrogen and oxygen atoms in total. The Balaban J connectivity index is 2.35. The zero-order valence-corrected chi connectivity index (χ0v) is 13.6. The van der Waals surface area contributed by atoms with Crippen LogP contribution in [0.3, 0.4) is 0 Å². The molecule has 2 rings (SSSR count). The van der Waals surface area contributed by atoms with E-state index in [1.165, 1.54) is 0 Å². The number of rotatable bonds is 5. The molecule has 2 unspecified atom stereocenters. The van der Waals surface area contributed by atoms with E-state index in [9.17, 15) is 0 Å². The predicted octanol–water partition coefficient (Wildman–Crippen LogP) is 4.96. The van der Waals surface area contributed by atoms with Gasteiger partial charge in [0.15, 0.2) is 0 Å². The second kappa shape index (κ2) is 7.11. The van der Waals surface area contributed by atoms with Gasteiger partial charge >= 0.3 is 0 Å². The predicted molar refractivity (Wildman–Crippen MR) is 87.2 cm³/mol. The lowest BCUT2D eigenvalue weighted by molar-refractivity contribution is 0.170. The van der Waals surface area contributed by atoms with Crippen molar-refractivity contribution in [2.75, 3.05) is 0 Å². The number of para-hydroxylation sites is 1. The molecule has 20 heavy (non-hydrogen) atoms. The lowest BCUT2D eigenvalue weighted by Crippen LogP contribution is -2.31. The van der Waals surface area contributed by atoms with Gasteiger partial charge in [0.1, 0.15) is 11.9 Å². The van der Waals surface area contributed by atoms with E-state index < -0.39 is 0 Å². The smallest absolute Gasteiger partial charge is 0.140 e. The van der Waals surface area contributed by atoms with Crippen LogP contribution in [0.5, 0.6) is 5.75 Å². The van der Waals surface area contributed by atoms with Crippen molar-refractivity contribution in [3.05, 3.63) is 63.6 Å². The molecule has 2 aromatic carbocycles. The lowest BCUT2D eigenvalue weighted by atomic mass is 10.0. The maximum atomic E-state index is 6.28. The molecular weight excluding hydrogens is 338 g/mol. The van der Waals surface area contributed by atoms with Crippen LogP contribution in [0.15, 0.2) is 53.0 Å². The fraction of sp³-hybridized carbons (Fsp3) is 0.250. The van der Waals surface area contributed by atoms with E-state index in [2.05, 4.69) is 15.9 Å². The summed E-state index contributed by atoms with van der Waals surface area (Å²) in [5.74, 6) is 0.765. The molecule has 0 aliphatic heterocycles. The first-order chi connectivity index (χ1) is 9.63. The van der Waals surface area contributed by atoms with Crippen LogP contribution in [0.2, 0.25) is 5.02 Å². The van der Waals surface area contributed by atoms with Crippen LogP contribution in [-0.2, 0) is 0 Å². The highest BCUT2D eigenvalue weighted by Crippen LogP contribution is 2.33. The van der Waals surface area contributed by atoms with E-state index >= 15 is 0 Å². The standard InChI is InChI=1S/C16H17BrClNO/c1-2-14(19)16(11-7-3-5-9-13(11)18)20-15-10-6-4-8-12(15)17/h3-10,14,16H,2,19H2,1H3. The van der Waals surface area contributed by atoms with Gasteiger partial charge in [0, 0.05) is 16.6 Å². The highest BCUT2D eigenvalue weighted by Gasteiger charge is 2.23. The average Bonchev–Trinajstić information content (AvgIpc) is 2.47. The molecule has 2 aromatic rings. The van der Waals surface area contributed by atoms with Gasteiger partial charge in [-0.1, -0.05) is 48.9 Å². The zero-order valence-electron chi connectivity index (χ0n) is 11.2. The summed E-state index contributed by atoms with van der Waals surface area (Å²) in [6, 6.07) is 15.3. The summed E-state index contributed by atoms with van der Waals surface area (Å²) in [6.07, 6.45) is 0.535. The molecule has 4 heteroatoms. The van der Waals surface area contributed by atoms with Crippen LogP contribution < -0.4 is 10.5 Å². The fourth-order valence-electron chi connectivity index (χ4n) is 1.98. The summed E-state index contributed by atoms with van der Waals surface area (Å²) < 4.78 is 7.01. The number of halogens is 2. The van der Waals surface area contributed by atoms with E-state index in [4.69, 9.17) is 22.1 Å². The van der Waals surface area contributed by atoms with E-state index in [1.807, 2.05) is 55.5 Å². The molecule has 0 fully saturated rings. The number of benzene rings is 2. The van der Waals surface area contributed by atoms with Crippen molar-refractivity contribution in [2.45, 2.75) is 25.5 Å². The Hall–Kier alpha value is -1.03. The molecule has 0 radical (unpaired) electrons. The van der Waals surface area contributed by atoms with Crippen molar-refractivity contribution < 1.29 is 4.74 Å². The van der Waals surface area contributed by atoms with Crippen molar-refractivity contribution in [1.29, 1.82) is 0 Å². The van der Waals surface area contributed by atoms with Gasteiger partial charge < -0.3 is 10.5 Å². The first kappa shape index (κ1) is 15.4. The van der Waals surface area contributed by atoms with Crippen LogP contribution >= 0.6 is 27.5 Å². The van der Waals surface area contributed by atoms with Crippen LogP contribution in [-0.4, -0.2) is 6.04 Å². The molecule has 0 aliphatic rings. The lowest BCUT2D eigenvalue weighted by Gasteiger charge is -2.26. The third-order valence-electron chi connectivity index (χ3n) is 3.16. The van der Waals surface area contributed by atoms with Crippen molar-refractivity contribution in [1.82, 2.24) is 0 Å². The third kappa shape index (κ3) is 3.54. The maximum Gasteiger partial charge on any atom is 0.140 e. The van der Waals surface area contributed by atoms with Crippen molar-refractivity contribution in [3.63, 3.8) is 0 Å². The van der Waals surface area contributed by atoms with Crippen molar-refractivity contribution in [2.24, 2.45) is 5.73 Å². The third-order valence-corrected chi connectivity index (χ3v) is 4.16. The molecule has 0 amide bonds. The number of nitrogens with two attached hydrogens (primary N) is 1. The largest absolute Gasteiger partial charge is 0.483 e. The summed E-state index contributed by atoms with van der Waals surface area (Å²) >= 11 is 9.77. The molecule has 106 valence electrons. The number of ether oxygens (including phenoxy) is 1. The van der Waals surface area contributed by atoms with Crippen molar-refractivity contribution in [3.8, 4) is 5.75 Å². The van der Waals surface area contributed by atoms with Crippen LogP contribution in [0.4, 0.5) is 0 Å². The first-order valence-electron chi connectivity index (χ1n) is 6.54. The Morgan fingerprint density at radius 1 is 1.15 bits per heavy atom. The van der Waals surface area contributed by atoms with E-state index in [-0.39, 0.29) is 12.1 Å². The summed E-state index contributed by atoms with van der Waals surface area (Å²) in [4.78, 5) is 0. The molecule has 0 spiro atoms. The van der Waals surface area contributed by atoms with Crippen LogP contribution in [0.25, 0.3) is 0 Å². The van der Waals surface area contributed by atoms with Crippen molar-refractivity contribution >= 4 is 27.5 Å². The highest BCUT2D eigenvalue weighted by molar-refractivity contribution is 9.10. The molecule has 0 saturated heterocycles. The Bertz CT molecular complexity index is 576. The fourth-order valence-corrected chi connectivity index (χ4v) is 2.60. The SMILES string of the molecule is CCC(N)C(Oc1ccccc1Br)c1ccccc1Cl. The van der Waals surface area contributed by atoms with Gasteiger partial charge in [-0.15, -0.1) is 0 Å². The maximum absolute atomic E-state index is 6.28. The molecule has 0 heterocycles. The summed E-state index contributed by atoms with van der Waals surface area (Å²) in [5, 5.41) is 0.674. The van der Waals surface area contributed by atoms with Gasteiger partial charge in [0.25, 0.3) is 0 Å². The highest BCUT2D eigenvalue weighted by atomic mass is 79.9. The molecular formula is C16H17BrClNO. The minimum Gasteiger partial charge on any atom is -0.483 e. The van der Waals surface area contributed by atoms with Gasteiger partial charge in [0.05, 0.1) is 4.47 Å².